The van der Waals surface area contributed by atoms with E-state index in [0.717, 1.165) is 10.6 Å². The molecular formula is C14H21NO6S2. The first-order valence-corrected chi connectivity index (χ1v) is 10.4. The summed E-state index contributed by atoms with van der Waals surface area (Å²) in [5, 5.41) is 0. The second-order valence-electron chi connectivity index (χ2n) is 4.86. The van der Waals surface area contributed by atoms with Gasteiger partial charge in [-0.1, -0.05) is 19.1 Å². The Hall–Kier alpha value is -1.45. The maximum absolute atomic E-state index is 12.8. The molecular weight excluding hydrogens is 342 g/mol. The van der Waals surface area contributed by atoms with Gasteiger partial charge in [0, 0.05) is 12.8 Å². The van der Waals surface area contributed by atoms with Gasteiger partial charge >= 0.3 is 5.97 Å². The normalized spacial score (nSPS) is 12.3. The minimum Gasteiger partial charge on any atom is -0.465 e. The van der Waals surface area contributed by atoms with Crippen molar-refractivity contribution in [1.29, 1.82) is 0 Å². The van der Waals surface area contributed by atoms with Gasteiger partial charge in [0.05, 0.1) is 11.5 Å². The van der Waals surface area contributed by atoms with Gasteiger partial charge in [-0.25, -0.2) is 16.8 Å². The van der Waals surface area contributed by atoms with Crippen LogP contribution in [0.3, 0.4) is 0 Å². The lowest BCUT2D eigenvalue weighted by Gasteiger charge is -2.21. The maximum atomic E-state index is 12.8. The fourth-order valence-corrected chi connectivity index (χ4v) is 5.07. The Morgan fingerprint density at radius 3 is 2.13 bits per heavy atom. The van der Waals surface area contributed by atoms with E-state index < -0.39 is 32.4 Å². The third-order valence-electron chi connectivity index (χ3n) is 2.95. The Bertz CT molecular complexity index is 755. The quantitative estimate of drug-likeness (QED) is 0.641. The van der Waals surface area contributed by atoms with E-state index in [1.54, 1.807) is 13.8 Å². The van der Waals surface area contributed by atoms with Crippen LogP contribution in [0.25, 0.3) is 0 Å². The number of ether oxygens (including phenoxy) is 1. The van der Waals surface area contributed by atoms with Crippen molar-refractivity contribution >= 4 is 25.8 Å². The average Bonchev–Trinajstić information content (AvgIpc) is 2.46. The standard InChI is InChI=1S/C14H21NO6S2/c1-4-10-15(11-14(16)21-5-2)23(19,20)13-9-7-6-8-12(13)22(3,17)18/h6-9H,4-5,10-11H2,1-3H3. The number of esters is 1. The first-order chi connectivity index (χ1) is 10.6. The van der Waals surface area contributed by atoms with Crippen molar-refractivity contribution in [2.75, 3.05) is 26.0 Å². The van der Waals surface area contributed by atoms with Gasteiger partial charge in [-0.3, -0.25) is 4.79 Å². The van der Waals surface area contributed by atoms with Crippen LogP contribution in [0.15, 0.2) is 34.1 Å². The van der Waals surface area contributed by atoms with Crippen LogP contribution in [0, 0.1) is 0 Å². The summed E-state index contributed by atoms with van der Waals surface area (Å²) in [6, 6.07) is 5.34. The fourth-order valence-electron chi connectivity index (χ4n) is 1.99. The summed E-state index contributed by atoms with van der Waals surface area (Å²) in [5.41, 5.74) is 0. The SMILES string of the molecule is CCCN(CC(=O)OCC)S(=O)(=O)c1ccccc1S(C)(=O)=O. The number of rotatable bonds is 8. The summed E-state index contributed by atoms with van der Waals surface area (Å²) < 4.78 is 55.0. The molecule has 0 amide bonds. The summed E-state index contributed by atoms with van der Waals surface area (Å²) in [5.74, 6) is -0.679. The second kappa shape index (κ2) is 7.89. The summed E-state index contributed by atoms with van der Waals surface area (Å²) >= 11 is 0. The van der Waals surface area contributed by atoms with Gasteiger partial charge < -0.3 is 4.74 Å². The highest BCUT2D eigenvalue weighted by Crippen LogP contribution is 2.24. The van der Waals surface area contributed by atoms with Gasteiger partial charge in [-0.2, -0.15) is 4.31 Å². The molecule has 9 heteroatoms. The van der Waals surface area contributed by atoms with E-state index in [9.17, 15) is 21.6 Å². The van der Waals surface area contributed by atoms with Crippen LogP contribution >= 0.6 is 0 Å². The molecule has 0 spiro atoms. The number of sulfone groups is 1. The maximum Gasteiger partial charge on any atom is 0.321 e. The number of carbonyl (C=O) groups excluding carboxylic acids is 1. The van der Waals surface area contributed by atoms with Crippen molar-refractivity contribution in [3.63, 3.8) is 0 Å². The summed E-state index contributed by atoms with van der Waals surface area (Å²) in [4.78, 5) is 11.0. The van der Waals surface area contributed by atoms with Crippen LogP contribution in [0.4, 0.5) is 0 Å². The van der Waals surface area contributed by atoms with E-state index in [4.69, 9.17) is 4.74 Å². The van der Waals surface area contributed by atoms with Crippen LogP contribution < -0.4 is 0 Å². The molecule has 0 heterocycles. The molecule has 0 unspecified atom stereocenters. The van der Waals surface area contributed by atoms with E-state index in [1.165, 1.54) is 24.3 Å². The van der Waals surface area contributed by atoms with Gasteiger partial charge in [0.1, 0.15) is 11.4 Å². The lowest BCUT2D eigenvalue weighted by atomic mass is 10.4. The molecule has 23 heavy (non-hydrogen) atoms. The Morgan fingerprint density at radius 2 is 1.65 bits per heavy atom. The minimum atomic E-state index is -4.14. The van der Waals surface area contributed by atoms with E-state index in [-0.39, 0.29) is 22.9 Å². The average molecular weight is 363 g/mol. The largest absolute Gasteiger partial charge is 0.465 e. The van der Waals surface area contributed by atoms with Gasteiger partial charge in [-0.15, -0.1) is 0 Å². The molecule has 130 valence electrons. The minimum absolute atomic E-state index is 0.0826. The van der Waals surface area contributed by atoms with Gasteiger partial charge in [0.25, 0.3) is 0 Å². The molecule has 1 aromatic carbocycles. The highest BCUT2D eigenvalue weighted by molar-refractivity contribution is 7.93. The first-order valence-electron chi connectivity index (χ1n) is 7.09. The number of sulfonamides is 1. The Labute approximate surface area is 137 Å². The molecule has 0 saturated carbocycles. The van der Waals surface area contributed by atoms with Crippen molar-refractivity contribution in [2.45, 2.75) is 30.1 Å². The first kappa shape index (κ1) is 19.6. The van der Waals surface area contributed by atoms with Crippen LogP contribution in [-0.2, 0) is 29.4 Å². The van der Waals surface area contributed by atoms with Gasteiger partial charge in [0.15, 0.2) is 9.84 Å². The van der Waals surface area contributed by atoms with E-state index in [1.807, 2.05) is 0 Å². The van der Waals surface area contributed by atoms with Gasteiger partial charge in [-0.05, 0) is 25.5 Å². The third-order valence-corrected chi connectivity index (χ3v) is 6.14. The Kier molecular flexibility index (Phi) is 6.72. The van der Waals surface area contributed by atoms with Crippen molar-refractivity contribution in [3.8, 4) is 0 Å². The summed E-state index contributed by atoms with van der Waals surface area (Å²) in [6.07, 6.45) is 1.41. The molecule has 1 rings (SSSR count). The number of nitrogens with zero attached hydrogens (tertiary/aromatic N) is 1. The van der Waals surface area contributed by atoms with Crippen LogP contribution in [0.1, 0.15) is 20.3 Å². The molecule has 0 N–H and O–H groups in total. The molecule has 1 aromatic rings. The Morgan fingerprint density at radius 1 is 1.09 bits per heavy atom. The van der Waals surface area contributed by atoms with Crippen molar-refractivity contribution in [2.24, 2.45) is 0 Å². The van der Waals surface area contributed by atoms with E-state index in [0.29, 0.717) is 6.42 Å². The molecule has 0 aliphatic carbocycles. The molecule has 0 saturated heterocycles. The zero-order valence-corrected chi connectivity index (χ0v) is 15.0. The van der Waals surface area contributed by atoms with Crippen molar-refractivity contribution in [1.82, 2.24) is 4.31 Å². The summed E-state index contributed by atoms with van der Waals surface area (Å²) in [6.45, 7) is 3.14. The molecule has 0 bridgehead atoms. The van der Waals surface area contributed by atoms with Crippen molar-refractivity contribution < 1.29 is 26.4 Å². The molecule has 7 nitrogen and oxygen atoms in total. The Balaban J connectivity index is 3.34. The third kappa shape index (κ3) is 5.02. The molecule has 0 aliphatic rings. The predicted octanol–water partition coefficient (Wildman–Crippen LogP) is 1.05. The number of hydrogen-bond acceptors (Lipinski definition) is 6. The van der Waals surface area contributed by atoms with E-state index in [2.05, 4.69) is 0 Å². The van der Waals surface area contributed by atoms with E-state index >= 15 is 0 Å². The summed E-state index contributed by atoms with van der Waals surface area (Å²) in [7, 11) is -7.86. The lowest BCUT2D eigenvalue weighted by Crippen LogP contribution is -2.37. The monoisotopic (exact) mass is 363 g/mol. The number of hydrogen-bond donors (Lipinski definition) is 0. The zero-order valence-electron chi connectivity index (χ0n) is 13.4. The highest BCUT2D eigenvalue weighted by atomic mass is 32.2. The van der Waals surface area contributed by atoms with Crippen LogP contribution in [-0.4, -0.2) is 53.1 Å². The lowest BCUT2D eigenvalue weighted by molar-refractivity contribution is -0.143. The molecule has 0 radical (unpaired) electrons. The van der Waals surface area contributed by atoms with Gasteiger partial charge in [0.2, 0.25) is 10.0 Å². The smallest absolute Gasteiger partial charge is 0.321 e. The van der Waals surface area contributed by atoms with Crippen molar-refractivity contribution in [3.05, 3.63) is 24.3 Å². The fraction of sp³-hybridized carbons (Fsp3) is 0.500. The van der Waals surface area contributed by atoms with Crippen LogP contribution in [0.2, 0.25) is 0 Å². The second-order valence-corrected chi connectivity index (χ2v) is 8.75. The highest BCUT2D eigenvalue weighted by Gasteiger charge is 2.30. The number of benzene rings is 1. The number of carbonyl (C=O) groups is 1. The molecule has 0 aliphatic heterocycles. The predicted molar refractivity (Wildman–Crippen MR) is 85.2 cm³/mol. The molecule has 0 atom stereocenters. The zero-order chi connectivity index (χ0) is 17.7. The molecule has 0 fully saturated rings. The molecule has 0 aromatic heterocycles. The van der Waals surface area contributed by atoms with Crippen LogP contribution in [0.5, 0.6) is 0 Å². The topological polar surface area (TPSA) is 97.8 Å².